The number of likely N-dealkylation sites (N-methyl/N-ethyl adjacent to an activating group) is 1. The number of amides is 2. The Morgan fingerprint density at radius 2 is 2.05 bits per heavy atom. The minimum atomic E-state index is -0.927. The fraction of sp³-hybridized carbons (Fsp3) is 0.500. The highest BCUT2D eigenvalue weighted by molar-refractivity contribution is 5.90. The molecule has 0 saturated carbocycles. The van der Waals surface area contributed by atoms with Gasteiger partial charge in [0.15, 0.2) is 0 Å². The van der Waals surface area contributed by atoms with E-state index in [0.717, 1.165) is 0 Å². The maximum atomic E-state index is 11.7. The lowest BCUT2D eigenvalue weighted by Crippen LogP contribution is -2.23. The Morgan fingerprint density at radius 1 is 1.35 bits per heavy atom. The maximum absolute atomic E-state index is 11.7. The zero-order valence-electron chi connectivity index (χ0n) is 11.4. The lowest BCUT2D eigenvalue weighted by Gasteiger charge is -2.07. The number of carbonyl (C=O) groups is 3. The molecule has 0 aliphatic heterocycles. The summed E-state index contributed by atoms with van der Waals surface area (Å²) in [6.07, 6.45) is 3.04. The summed E-state index contributed by atoms with van der Waals surface area (Å²) in [7, 11) is 1.53. The molecule has 0 spiro atoms. The van der Waals surface area contributed by atoms with Crippen molar-refractivity contribution in [2.24, 2.45) is 5.92 Å². The average Bonchev–Trinajstić information content (AvgIpc) is 2.74. The normalized spacial score (nSPS) is 11.7. The van der Waals surface area contributed by atoms with Gasteiger partial charge in [-0.3, -0.25) is 19.1 Å². The highest BCUT2D eigenvalue weighted by atomic mass is 16.4. The number of nitrogens with zero attached hydrogens (tertiary/aromatic N) is 2. The molecule has 8 nitrogen and oxygen atoms in total. The van der Waals surface area contributed by atoms with Gasteiger partial charge in [0.05, 0.1) is 11.9 Å². The van der Waals surface area contributed by atoms with Crippen molar-refractivity contribution in [1.82, 2.24) is 15.1 Å². The summed E-state index contributed by atoms with van der Waals surface area (Å²) in [6.45, 7) is 1.77. The van der Waals surface area contributed by atoms with E-state index in [0.29, 0.717) is 5.69 Å². The van der Waals surface area contributed by atoms with Gasteiger partial charge < -0.3 is 15.7 Å². The zero-order valence-corrected chi connectivity index (χ0v) is 11.4. The monoisotopic (exact) mass is 282 g/mol. The van der Waals surface area contributed by atoms with Crippen LogP contribution in [-0.4, -0.2) is 39.7 Å². The minimum Gasteiger partial charge on any atom is -0.481 e. The molecule has 0 aliphatic carbocycles. The summed E-state index contributed by atoms with van der Waals surface area (Å²) < 4.78 is 1.40. The van der Waals surface area contributed by atoms with Crippen molar-refractivity contribution in [2.75, 3.05) is 12.4 Å². The van der Waals surface area contributed by atoms with E-state index in [4.69, 9.17) is 5.11 Å². The maximum Gasteiger partial charge on any atom is 0.303 e. The summed E-state index contributed by atoms with van der Waals surface area (Å²) in [4.78, 5) is 33.3. The van der Waals surface area contributed by atoms with E-state index in [1.165, 1.54) is 24.1 Å². The van der Waals surface area contributed by atoms with Crippen LogP contribution >= 0.6 is 0 Å². The molecule has 0 bridgehead atoms. The number of rotatable bonds is 7. The first-order valence-corrected chi connectivity index (χ1v) is 6.15. The molecule has 0 aliphatic rings. The molecule has 1 aromatic rings. The molecule has 3 N–H and O–H groups in total. The Balaban J connectivity index is 2.46. The SMILES string of the molecule is CNC(=O)Cn1cc(NC(=O)CC(C)CC(=O)O)cn1. The second-order valence-electron chi connectivity index (χ2n) is 4.56. The van der Waals surface area contributed by atoms with Crippen molar-refractivity contribution >= 4 is 23.5 Å². The first kappa shape index (κ1) is 15.7. The molecule has 1 atom stereocenters. The van der Waals surface area contributed by atoms with E-state index in [1.54, 1.807) is 6.92 Å². The number of carboxylic acid groups (broad SMARTS) is 1. The second-order valence-corrected chi connectivity index (χ2v) is 4.56. The van der Waals surface area contributed by atoms with E-state index in [1.807, 2.05) is 0 Å². The lowest BCUT2D eigenvalue weighted by atomic mass is 10.0. The summed E-state index contributed by atoms with van der Waals surface area (Å²) in [5, 5.41) is 17.6. The number of aromatic nitrogens is 2. The fourth-order valence-electron chi connectivity index (χ4n) is 1.64. The summed E-state index contributed by atoms with van der Waals surface area (Å²) >= 11 is 0. The Morgan fingerprint density at radius 3 is 2.65 bits per heavy atom. The third kappa shape index (κ3) is 5.51. The molecular formula is C12H18N4O4. The standard InChI is InChI=1S/C12H18N4O4/c1-8(4-12(19)20)3-10(17)15-9-5-14-16(6-9)7-11(18)13-2/h5-6,8H,3-4,7H2,1-2H3,(H,13,18)(H,15,17)(H,19,20). The molecule has 1 unspecified atom stereocenters. The highest BCUT2D eigenvalue weighted by Gasteiger charge is 2.13. The van der Waals surface area contributed by atoms with Crippen molar-refractivity contribution in [3.05, 3.63) is 12.4 Å². The van der Waals surface area contributed by atoms with Crippen LogP contribution in [-0.2, 0) is 20.9 Å². The van der Waals surface area contributed by atoms with Gasteiger partial charge in [0, 0.05) is 26.1 Å². The molecule has 0 fully saturated rings. The third-order valence-corrected chi connectivity index (χ3v) is 2.56. The van der Waals surface area contributed by atoms with Crippen molar-refractivity contribution in [2.45, 2.75) is 26.3 Å². The van der Waals surface area contributed by atoms with Gasteiger partial charge in [-0.05, 0) is 5.92 Å². The van der Waals surface area contributed by atoms with E-state index in [2.05, 4.69) is 15.7 Å². The second kappa shape index (κ2) is 7.27. The van der Waals surface area contributed by atoms with Crippen molar-refractivity contribution in [1.29, 1.82) is 0 Å². The van der Waals surface area contributed by atoms with Crippen LogP contribution in [0, 0.1) is 5.92 Å². The van der Waals surface area contributed by atoms with Crippen LogP contribution in [0.25, 0.3) is 0 Å². The molecule has 1 aromatic heterocycles. The number of hydrogen-bond acceptors (Lipinski definition) is 4. The van der Waals surface area contributed by atoms with Crippen LogP contribution < -0.4 is 10.6 Å². The number of hydrogen-bond donors (Lipinski definition) is 3. The topological polar surface area (TPSA) is 113 Å². The smallest absolute Gasteiger partial charge is 0.303 e. The molecule has 0 saturated heterocycles. The lowest BCUT2D eigenvalue weighted by molar-refractivity contribution is -0.138. The van der Waals surface area contributed by atoms with E-state index >= 15 is 0 Å². The van der Waals surface area contributed by atoms with Crippen molar-refractivity contribution in [3.63, 3.8) is 0 Å². The van der Waals surface area contributed by atoms with Crippen LogP contribution in [0.5, 0.6) is 0 Å². The van der Waals surface area contributed by atoms with Gasteiger partial charge >= 0.3 is 5.97 Å². The van der Waals surface area contributed by atoms with Gasteiger partial charge in [-0.15, -0.1) is 0 Å². The van der Waals surface area contributed by atoms with Crippen LogP contribution in [0.2, 0.25) is 0 Å². The number of carboxylic acids is 1. The van der Waals surface area contributed by atoms with Crippen molar-refractivity contribution < 1.29 is 19.5 Å². The molecule has 8 heteroatoms. The number of nitrogens with one attached hydrogen (secondary N) is 2. The van der Waals surface area contributed by atoms with Crippen LogP contribution in [0.3, 0.4) is 0 Å². The predicted octanol–water partition coefficient (Wildman–Crippen LogP) is 0.0685. The van der Waals surface area contributed by atoms with Crippen LogP contribution in [0.15, 0.2) is 12.4 Å². The Bertz CT molecular complexity index is 497. The third-order valence-electron chi connectivity index (χ3n) is 2.56. The number of anilines is 1. The predicted molar refractivity (Wildman–Crippen MR) is 71.0 cm³/mol. The van der Waals surface area contributed by atoms with Gasteiger partial charge in [-0.1, -0.05) is 6.92 Å². The average molecular weight is 282 g/mol. The van der Waals surface area contributed by atoms with Gasteiger partial charge in [0.1, 0.15) is 6.54 Å². The molecule has 1 heterocycles. The fourth-order valence-corrected chi connectivity index (χ4v) is 1.64. The minimum absolute atomic E-state index is 0.0522. The summed E-state index contributed by atoms with van der Waals surface area (Å²) in [5.41, 5.74) is 0.474. The number of carbonyl (C=O) groups excluding carboxylic acids is 2. The first-order valence-electron chi connectivity index (χ1n) is 6.15. The quantitative estimate of drug-likeness (QED) is 0.655. The van der Waals surface area contributed by atoms with E-state index in [-0.39, 0.29) is 37.1 Å². The Hall–Kier alpha value is -2.38. The largest absolute Gasteiger partial charge is 0.481 e. The molecular weight excluding hydrogens is 264 g/mol. The molecule has 110 valence electrons. The molecule has 0 radical (unpaired) electrons. The Labute approximate surface area is 116 Å². The first-order chi connectivity index (χ1) is 9.40. The zero-order chi connectivity index (χ0) is 15.1. The van der Waals surface area contributed by atoms with Crippen LogP contribution in [0.4, 0.5) is 5.69 Å². The Kier molecular flexibility index (Phi) is 5.70. The van der Waals surface area contributed by atoms with Gasteiger partial charge in [-0.25, -0.2) is 0 Å². The highest BCUT2D eigenvalue weighted by Crippen LogP contribution is 2.11. The number of aliphatic carboxylic acids is 1. The van der Waals surface area contributed by atoms with Gasteiger partial charge in [0.25, 0.3) is 0 Å². The van der Waals surface area contributed by atoms with Crippen molar-refractivity contribution in [3.8, 4) is 0 Å². The molecule has 1 rings (SSSR count). The van der Waals surface area contributed by atoms with Gasteiger partial charge in [0.2, 0.25) is 11.8 Å². The molecule has 20 heavy (non-hydrogen) atoms. The molecule has 0 aromatic carbocycles. The van der Waals surface area contributed by atoms with E-state index in [9.17, 15) is 14.4 Å². The van der Waals surface area contributed by atoms with Crippen LogP contribution in [0.1, 0.15) is 19.8 Å². The van der Waals surface area contributed by atoms with E-state index < -0.39 is 5.97 Å². The molecule has 2 amide bonds. The summed E-state index contributed by atoms with van der Waals surface area (Å²) in [6, 6.07) is 0. The summed E-state index contributed by atoms with van der Waals surface area (Å²) in [5.74, 6) is -1.64. The van der Waals surface area contributed by atoms with Gasteiger partial charge in [-0.2, -0.15) is 5.10 Å².